The Labute approximate surface area is 408 Å². The minimum absolute atomic E-state index is 0.0298. The number of nitrogens with one attached hydrogen (secondary N) is 1. The molecule has 2 saturated carbocycles. The summed E-state index contributed by atoms with van der Waals surface area (Å²) >= 11 is 0. The van der Waals surface area contributed by atoms with Crippen molar-refractivity contribution < 1.29 is 49.4 Å². The Kier molecular flexibility index (Phi) is 16.4. The van der Waals surface area contributed by atoms with Gasteiger partial charge in [-0.05, 0) is 128 Å². The van der Waals surface area contributed by atoms with Crippen LogP contribution in [0.2, 0.25) is 0 Å². The number of carbonyl (C=O) groups excluding carboxylic acids is 3. The fourth-order valence-corrected chi connectivity index (χ4v) is 12.1. The second kappa shape index (κ2) is 22.4. The zero-order valence-electron chi connectivity index (χ0n) is 40.9. The predicted molar refractivity (Wildman–Crippen MR) is 265 cm³/mol. The molecule has 11 heteroatoms. The summed E-state index contributed by atoms with van der Waals surface area (Å²) in [5, 5.41) is 62.7. The van der Waals surface area contributed by atoms with Gasteiger partial charge in [-0.1, -0.05) is 94.5 Å². The molecule has 0 radical (unpaired) electrons. The SMILES string of the molecule is CCCCCc1c(CO)cc(C2C#CC3CC(=O)Oc4c3cc(c(O)c4C3CCCCC3)CC3OC(=O)C(=CC(O)Cc4cccc(c4)CC4CC(CCC4=O)C3(O)CCC)C2)cc1NCC(C)O. The first-order valence-corrected chi connectivity index (χ1v) is 26.0. The number of ether oxygens (including phenoxy) is 2. The lowest BCUT2D eigenvalue weighted by Crippen LogP contribution is -2.54. The van der Waals surface area contributed by atoms with Crippen LogP contribution in [0.25, 0.3) is 0 Å². The molecule has 2 aliphatic carbocycles. The molecule has 69 heavy (non-hydrogen) atoms. The number of esters is 2. The number of Topliss-reactive ketones (excluding diaryl/α,β-unsaturated/α-hetero) is 1. The fraction of sp³-hybridized carbons (Fsp3) is 0.569. The smallest absolute Gasteiger partial charge is 0.334 e. The number of phenols is 1. The predicted octanol–water partition coefficient (Wildman–Crippen LogP) is 9.10. The lowest BCUT2D eigenvalue weighted by Gasteiger charge is -2.45. The topological polar surface area (TPSA) is 183 Å². The number of hydrogen-bond donors (Lipinski definition) is 6. The van der Waals surface area contributed by atoms with Crippen LogP contribution in [0.15, 0.2) is 54.1 Å². The number of aliphatic hydroxyl groups is 4. The molecule has 3 aromatic rings. The van der Waals surface area contributed by atoms with Crippen LogP contribution in [0.5, 0.6) is 11.5 Å². The maximum absolute atomic E-state index is 15.3. The van der Waals surface area contributed by atoms with E-state index in [1.54, 1.807) is 6.92 Å². The Morgan fingerprint density at radius 3 is 2.39 bits per heavy atom. The summed E-state index contributed by atoms with van der Waals surface area (Å²) in [5.74, 6) is 3.94. The molecule has 3 aromatic carbocycles. The molecule has 370 valence electrons. The van der Waals surface area contributed by atoms with Gasteiger partial charge in [0.2, 0.25) is 0 Å². The summed E-state index contributed by atoms with van der Waals surface area (Å²) in [6, 6.07) is 13.6. The highest BCUT2D eigenvalue weighted by Crippen LogP contribution is 2.51. The molecular formula is C58H73NO10. The Balaban J connectivity index is 1.37. The van der Waals surface area contributed by atoms with Crippen molar-refractivity contribution in [2.24, 2.45) is 11.8 Å². The third kappa shape index (κ3) is 11.5. The second-order valence-corrected chi connectivity index (χ2v) is 20.8. The van der Waals surface area contributed by atoms with Gasteiger partial charge in [-0.3, -0.25) is 9.59 Å². The van der Waals surface area contributed by atoms with Gasteiger partial charge in [-0.15, -0.1) is 0 Å². The molecule has 8 atom stereocenters. The first-order chi connectivity index (χ1) is 33.3. The summed E-state index contributed by atoms with van der Waals surface area (Å²) in [7, 11) is 0. The average molecular weight is 944 g/mol. The number of hydrogen-bond acceptors (Lipinski definition) is 11. The number of aromatic hydroxyl groups is 1. The average Bonchev–Trinajstić information content (AvgIpc) is 3.33. The molecule has 3 heterocycles. The van der Waals surface area contributed by atoms with Crippen LogP contribution in [0.1, 0.15) is 179 Å². The van der Waals surface area contributed by atoms with E-state index in [9.17, 15) is 35.1 Å². The van der Waals surface area contributed by atoms with Crippen molar-refractivity contribution >= 4 is 23.4 Å². The van der Waals surface area contributed by atoms with Crippen molar-refractivity contribution in [3.8, 4) is 23.3 Å². The largest absolute Gasteiger partial charge is 0.507 e. The molecular weight excluding hydrogens is 871 g/mol. The summed E-state index contributed by atoms with van der Waals surface area (Å²) in [5.41, 5.74) is 5.06. The summed E-state index contributed by atoms with van der Waals surface area (Å²) < 4.78 is 12.9. The number of unbranched alkanes of at least 4 members (excludes halogenated alkanes) is 2. The molecule has 8 rings (SSSR count). The highest BCUT2D eigenvalue weighted by atomic mass is 16.6. The molecule has 3 aliphatic heterocycles. The molecule has 5 aliphatic rings. The molecule has 6 N–H and O–H groups in total. The minimum Gasteiger partial charge on any atom is -0.507 e. The maximum atomic E-state index is 15.3. The highest BCUT2D eigenvalue weighted by Gasteiger charge is 2.49. The van der Waals surface area contributed by atoms with E-state index >= 15 is 4.79 Å². The Bertz CT molecular complexity index is 2460. The van der Waals surface area contributed by atoms with E-state index in [0.29, 0.717) is 65.7 Å². The van der Waals surface area contributed by atoms with Crippen molar-refractivity contribution in [2.45, 2.75) is 191 Å². The van der Waals surface area contributed by atoms with Crippen LogP contribution < -0.4 is 10.1 Å². The maximum Gasteiger partial charge on any atom is 0.334 e. The zero-order valence-corrected chi connectivity index (χ0v) is 40.9. The van der Waals surface area contributed by atoms with Gasteiger partial charge >= 0.3 is 11.9 Å². The van der Waals surface area contributed by atoms with E-state index in [0.717, 1.165) is 73.7 Å². The number of aliphatic hydroxyl groups excluding tert-OH is 3. The molecule has 8 bridgehead atoms. The van der Waals surface area contributed by atoms with Crippen molar-refractivity contribution in [1.82, 2.24) is 0 Å². The molecule has 8 unspecified atom stereocenters. The quantitative estimate of drug-likeness (QED) is 0.0441. The van der Waals surface area contributed by atoms with Crippen LogP contribution >= 0.6 is 0 Å². The van der Waals surface area contributed by atoms with E-state index in [4.69, 9.17) is 9.47 Å². The summed E-state index contributed by atoms with van der Waals surface area (Å²) in [6.45, 7) is 5.82. The van der Waals surface area contributed by atoms with Crippen molar-refractivity contribution in [2.75, 3.05) is 11.9 Å². The van der Waals surface area contributed by atoms with E-state index in [-0.39, 0.29) is 80.6 Å². The standard InChI is InChI=1S/C58H73NO10/c1-4-6-8-16-48-45(34-60)26-41(30-50(48)59-33-35(3)61)39-17-18-40-32-53(64)69-56-49(40)29-43(55(65)54(56)38-14-9-7-10-15-38)31-52-58(67,21-5-2)46-19-20-51(63)42(27-46)23-36-12-11-13-37(22-36)24-47(62)28-44(25-39)57(66)68-52/h11-13,22,26,28-30,35,38-40,42,46-47,52,59-62,65,67H,4-10,14-16,19-21,23-25,27,31-34H2,1-3H3. The molecule has 11 nitrogen and oxygen atoms in total. The van der Waals surface area contributed by atoms with Crippen LogP contribution in [0.4, 0.5) is 5.69 Å². The molecule has 0 spiro atoms. The van der Waals surface area contributed by atoms with Gasteiger partial charge in [0.1, 0.15) is 29.0 Å². The number of rotatable bonds is 12. The minimum atomic E-state index is -1.63. The van der Waals surface area contributed by atoms with E-state index in [2.05, 4.69) is 24.1 Å². The lowest BCUT2D eigenvalue weighted by atomic mass is 9.66. The molecule has 0 aromatic heterocycles. The van der Waals surface area contributed by atoms with Crippen LogP contribution in [0.3, 0.4) is 0 Å². The molecule has 0 saturated heterocycles. The number of carbonyl (C=O) groups is 3. The summed E-state index contributed by atoms with van der Waals surface area (Å²) in [6.07, 6.45) is 9.11. The first kappa shape index (κ1) is 50.4. The third-order valence-electron chi connectivity index (χ3n) is 15.7. The van der Waals surface area contributed by atoms with Crippen LogP contribution in [-0.4, -0.2) is 73.7 Å². The van der Waals surface area contributed by atoms with E-state index in [1.165, 1.54) is 6.08 Å². The number of fused-ring (bicyclic) bond motifs is 8. The molecule has 2 fully saturated rings. The van der Waals surface area contributed by atoms with Crippen LogP contribution in [0, 0.1) is 23.7 Å². The van der Waals surface area contributed by atoms with Crippen LogP contribution in [-0.2, 0) is 51.4 Å². The van der Waals surface area contributed by atoms with Crippen molar-refractivity contribution in [1.29, 1.82) is 0 Å². The summed E-state index contributed by atoms with van der Waals surface area (Å²) in [4.78, 5) is 42.8. The molecule has 0 amide bonds. The fourth-order valence-electron chi connectivity index (χ4n) is 12.1. The lowest BCUT2D eigenvalue weighted by molar-refractivity contribution is -0.176. The van der Waals surface area contributed by atoms with Gasteiger partial charge in [0.05, 0.1) is 31.2 Å². The Hall–Kier alpha value is -4.99. The second-order valence-electron chi connectivity index (χ2n) is 20.8. The van der Waals surface area contributed by atoms with Gasteiger partial charge < -0.3 is 40.3 Å². The Morgan fingerprint density at radius 1 is 0.884 bits per heavy atom. The van der Waals surface area contributed by atoms with E-state index < -0.39 is 53.6 Å². The van der Waals surface area contributed by atoms with Gasteiger partial charge in [0.25, 0.3) is 0 Å². The number of ketones is 1. The van der Waals surface area contributed by atoms with Gasteiger partial charge in [-0.2, -0.15) is 0 Å². The zero-order chi connectivity index (χ0) is 48.8. The number of benzene rings is 3. The van der Waals surface area contributed by atoms with Crippen molar-refractivity contribution in [3.05, 3.63) is 98.6 Å². The third-order valence-corrected chi connectivity index (χ3v) is 15.7. The van der Waals surface area contributed by atoms with Gasteiger partial charge in [-0.25, -0.2) is 4.79 Å². The highest BCUT2D eigenvalue weighted by molar-refractivity contribution is 5.89. The number of anilines is 1. The Morgan fingerprint density at radius 2 is 1.65 bits per heavy atom. The van der Waals surface area contributed by atoms with Crippen molar-refractivity contribution in [3.63, 3.8) is 0 Å². The van der Waals surface area contributed by atoms with Gasteiger partial charge in [0, 0.05) is 60.0 Å². The van der Waals surface area contributed by atoms with Gasteiger partial charge in [0.15, 0.2) is 0 Å². The monoisotopic (exact) mass is 944 g/mol. The first-order valence-electron chi connectivity index (χ1n) is 26.0. The normalized spacial score (nSPS) is 26.9. The number of phenolic OH excluding ortho intramolecular Hbond substituents is 1. The van der Waals surface area contributed by atoms with E-state index in [1.807, 2.05) is 49.4 Å².